The van der Waals surface area contributed by atoms with Gasteiger partial charge in [0.1, 0.15) is 11.4 Å². The largest absolute Gasteiger partial charge is 0.383 e. The average molecular weight is 253 g/mol. The fourth-order valence-electron chi connectivity index (χ4n) is 1.97. The Morgan fingerprint density at radius 3 is 3.28 bits per heavy atom. The van der Waals surface area contributed by atoms with E-state index in [0.717, 1.165) is 19.6 Å². The van der Waals surface area contributed by atoms with Crippen LogP contribution in [-0.4, -0.2) is 59.9 Å². The van der Waals surface area contributed by atoms with E-state index in [1.165, 1.54) is 6.20 Å². The van der Waals surface area contributed by atoms with Crippen LogP contribution in [0, 0.1) is 0 Å². The molecular formula is C11H19N5O2. The maximum atomic E-state index is 11.8. The van der Waals surface area contributed by atoms with Crippen molar-refractivity contribution in [3.05, 3.63) is 11.8 Å². The van der Waals surface area contributed by atoms with E-state index in [1.807, 2.05) is 0 Å². The van der Waals surface area contributed by atoms with E-state index in [-0.39, 0.29) is 17.8 Å². The molecule has 1 fully saturated rings. The minimum absolute atomic E-state index is 0.0378. The van der Waals surface area contributed by atoms with Gasteiger partial charge in [-0.15, -0.1) is 0 Å². The van der Waals surface area contributed by atoms with Crippen molar-refractivity contribution in [1.82, 2.24) is 20.4 Å². The second-order valence-corrected chi connectivity index (χ2v) is 4.29. The SMILES string of the molecule is CCN1CCOC(CNC(=O)c2cn[nH]c2N)C1. The van der Waals surface area contributed by atoms with Crippen molar-refractivity contribution in [1.29, 1.82) is 0 Å². The Balaban J connectivity index is 1.81. The molecule has 2 rings (SSSR count). The van der Waals surface area contributed by atoms with Gasteiger partial charge in [-0.3, -0.25) is 14.8 Å². The van der Waals surface area contributed by atoms with Gasteiger partial charge in [-0.1, -0.05) is 6.92 Å². The smallest absolute Gasteiger partial charge is 0.256 e. The van der Waals surface area contributed by atoms with Gasteiger partial charge in [-0.25, -0.2) is 0 Å². The molecule has 100 valence electrons. The number of likely N-dealkylation sites (N-methyl/N-ethyl adjacent to an activating group) is 1. The molecule has 1 aromatic heterocycles. The van der Waals surface area contributed by atoms with Crippen molar-refractivity contribution < 1.29 is 9.53 Å². The summed E-state index contributed by atoms with van der Waals surface area (Å²) in [5.74, 6) is 0.0609. The van der Waals surface area contributed by atoms with E-state index in [2.05, 4.69) is 27.3 Å². The van der Waals surface area contributed by atoms with Crippen LogP contribution >= 0.6 is 0 Å². The lowest BCUT2D eigenvalue weighted by Crippen LogP contribution is -2.47. The number of anilines is 1. The van der Waals surface area contributed by atoms with Gasteiger partial charge in [-0.05, 0) is 6.54 Å². The molecule has 2 heterocycles. The molecule has 1 aliphatic heterocycles. The van der Waals surface area contributed by atoms with Crippen molar-refractivity contribution in [2.75, 3.05) is 38.5 Å². The van der Waals surface area contributed by atoms with Crippen molar-refractivity contribution >= 4 is 11.7 Å². The number of carbonyl (C=O) groups excluding carboxylic acids is 1. The molecule has 0 aromatic carbocycles. The number of nitrogens with one attached hydrogen (secondary N) is 2. The molecule has 1 atom stereocenters. The van der Waals surface area contributed by atoms with Crippen LogP contribution in [-0.2, 0) is 4.74 Å². The molecule has 1 aliphatic rings. The number of rotatable bonds is 4. The highest BCUT2D eigenvalue weighted by Gasteiger charge is 2.20. The molecule has 0 aliphatic carbocycles. The predicted octanol–water partition coefficient (Wildman–Crippen LogP) is -0.558. The highest BCUT2D eigenvalue weighted by atomic mass is 16.5. The first-order chi connectivity index (χ1) is 8.70. The summed E-state index contributed by atoms with van der Waals surface area (Å²) in [5.41, 5.74) is 5.95. The van der Waals surface area contributed by atoms with E-state index in [9.17, 15) is 4.79 Å². The number of nitrogens with two attached hydrogens (primary N) is 1. The Morgan fingerprint density at radius 2 is 2.61 bits per heavy atom. The molecule has 4 N–H and O–H groups in total. The Hall–Kier alpha value is -1.60. The number of aromatic amines is 1. The molecule has 0 bridgehead atoms. The Bertz CT molecular complexity index is 406. The third kappa shape index (κ3) is 2.99. The summed E-state index contributed by atoms with van der Waals surface area (Å²) in [7, 11) is 0. The lowest BCUT2D eigenvalue weighted by molar-refractivity contribution is -0.0246. The highest BCUT2D eigenvalue weighted by molar-refractivity contribution is 5.98. The molecular weight excluding hydrogens is 234 g/mol. The first-order valence-electron chi connectivity index (χ1n) is 6.11. The molecule has 0 radical (unpaired) electrons. The van der Waals surface area contributed by atoms with Gasteiger partial charge in [0.15, 0.2) is 0 Å². The van der Waals surface area contributed by atoms with Gasteiger partial charge in [-0.2, -0.15) is 5.10 Å². The monoisotopic (exact) mass is 253 g/mol. The van der Waals surface area contributed by atoms with E-state index >= 15 is 0 Å². The van der Waals surface area contributed by atoms with Crippen LogP contribution in [0.2, 0.25) is 0 Å². The topological polar surface area (TPSA) is 96.3 Å². The van der Waals surface area contributed by atoms with Crippen LogP contribution in [0.25, 0.3) is 0 Å². The lowest BCUT2D eigenvalue weighted by atomic mass is 10.2. The summed E-state index contributed by atoms with van der Waals surface area (Å²) in [5, 5.41) is 9.05. The van der Waals surface area contributed by atoms with Crippen LogP contribution in [0.1, 0.15) is 17.3 Å². The highest BCUT2D eigenvalue weighted by Crippen LogP contribution is 2.07. The molecule has 1 unspecified atom stereocenters. The number of amides is 1. The molecule has 1 saturated heterocycles. The first-order valence-corrected chi connectivity index (χ1v) is 6.11. The van der Waals surface area contributed by atoms with Gasteiger partial charge in [0, 0.05) is 19.6 Å². The summed E-state index contributed by atoms with van der Waals surface area (Å²) >= 11 is 0. The van der Waals surface area contributed by atoms with Gasteiger partial charge >= 0.3 is 0 Å². The zero-order valence-electron chi connectivity index (χ0n) is 10.5. The van der Waals surface area contributed by atoms with Gasteiger partial charge in [0.2, 0.25) is 0 Å². The molecule has 18 heavy (non-hydrogen) atoms. The predicted molar refractivity (Wildman–Crippen MR) is 67.2 cm³/mol. The molecule has 0 spiro atoms. The van der Waals surface area contributed by atoms with Crippen molar-refractivity contribution in [2.24, 2.45) is 0 Å². The number of ether oxygens (including phenoxy) is 1. The minimum atomic E-state index is -0.224. The number of nitrogens with zero attached hydrogens (tertiary/aromatic N) is 2. The van der Waals surface area contributed by atoms with Crippen LogP contribution in [0.15, 0.2) is 6.20 Å². The van der Waals surface area contributed by atoms with Crippen molar-refractivity contribution in [2.45, 2.75) is 13.0 Å². The fourth-order valence-corrected chi connectivity index (χ4v) is 1.97. The van der Waals surface area contributed by atoms with E-state index < -0.39 is 0 Å². The molecule has 7 heteroatoms. The number of morpholine rings is 1. The van der Waals surface area contributed by atoms with Gasteiger partial charge in [0.25, 0.3) is 5.91 Å². The second kappa shape index (κ2) is 5.83. The van der Waals surface area contributed by atoms with Crippen LogP contribution in [0.5, 0.6) is 0 Å². The number of aromatic nitrogens is 2. The van der Waals surface area contributed by atoms with Crippen LogP contribution in [0.3, 0.4) is 0 Å². The van der Waals surface area contributed by atoms with E-state index in [1.54, 1.807) is 0 Å². The number of hydrogen-bond donors (Lipinski definition) is 3. The second-order valence-electron chi connectivity index (χ2n) is 4.29. The average Bonchev–Trinajstić information content (AvgIpc) is 2.82. The van der Waals surface area contributed by atoms with E-state index in [0.29, 0.717) is 18.7 Å². The van der Waals surface area contributed by atoms with Crippen LogP contribution in [0.4, 0.5) is 5.82 Å². The molecule has 1 aromatic rings. The third-order valence-corrected chi connectivity index (χ3v) is 3.07. The van der Waals surface area contributed by atoms with Crippen molar-refractivity contribution in [3.63, 3.8) is 0 Å². The first kappa shape index (κ1) is 12.8. The minimum Gasteiger partial charge on any atom is -0.383 e. The Labute approximate surface area is 106 Å². The number of hydrogen-bond acceptors (Lipinski definition) is 5. The molecule has 0 saturated carbocycles. The number of nitrogen functional groups attached to an aromatic ring is 1. The summed E-state index contributed by atoms with van der Waals surface area (Å²) in [6.45, 7) is 6.12. The lowest BCUT2D eigenvalue weighted by Gasteiger charge is -2.32. The molecule has 1 amide bonds. The normalized spacial score (nSPS) is 20.8. The van der Waals surface area contributed by atoms with Gasteiger partial charge in [0.05, 0.1) is 18.9 Å². The van der Waals surface area contributed by atoms with E-state index in [4.69, 9.17) is 10.5 Å². The quantitative estimate of drug-likeness (QED) is 0.668. The fraction of sp³-hybridized carbons (Fsp3) is 0.636. The summed E-state index contributed by atoms with van der Waals surface area (Å²) < 4.78 is 5.60. The van der Waals surface area contributed by atoms with Crippen molar-refractivity contribution in [3.8, 4) is 0 Å². The van der Waals surface area contributed by atoms with Crippen LogP contribution < -0.4 is 11.1 Å². The zero-order chi connectivity index (χ0) is 13.0. The maximum Gasteiger partial charge on any atom is 0.256 e. The van der Waals surface area contributed by atoms with Gasteiger partial charge < -0.3 is 15.8 Å². The Kier molecular flexibility index (Phi) is 4.16. The molecule has 7 nitrogen and oxygen atoms in total. The number of carbonyl (C=O) groups is 1. The Morgan fingerprint density at radius 1 is 1.78 bits per heavy atom. The zero-order valence-corrected chi connectivity index (χ0v) is 10.5. The summed E-state index contributed by atoms with van der Waals surface area (Å²) in [4.78, 5) is 14.1. The maximum absolute atomic E-state index is 11.8. The standard InChI is InChI=1S/C11H19N5O2/c1-2-16-3-4-18-8(7-16)5-13-11(17)9-6-14-15-10(9)12/h6,8H,2-5,7H2,1H3,(H,13,17)(H3,12,14,15). The number of H-pyrrole nitrogens is 1. The summed E-state index contributed by atoms with van der Waals surface area (Å²) in [6.07, 6.45) is 1.46. The third-order valence-electron chi connectivity index (χ3n) is 3.07. The summed E-state index contributed by atoms with van der Waals surface area (Å²) in [6, 6.07) is 0.